The van der Waals surface area contributed by atoms with Gasteiger partial charge in [0.15, 0.2) is 32.6 Å². The van der Waals surface area contributed by atoms with Crippen molar-refractivity contribution in [2.45, 2.75) is 137 Å². The van der Waals surface area contributed by atoms with Gasteiger partial charge in [0.25, 0.3) is 0 Å². The highest BCUT2D eigenvalue weighted by Crippen LogP contribution is 2.40. The number of nitrogens with zero attached hydrogens (tertiary/aromatic N) is 11. The number of aromatic hydroxyl groups is 2. The Kier molecular flexibility index (Phi) is 31.1. The SMILES string of the molecule is C.CCO.CSc1nnc(-c2cc(C(C)C)c(C)cc2C)n1-c1ccc(CN2CCOCC2)cc1.CSc1nnc(-c2cc(C(C)C)c(O)cc2O)n1-c1ccc(CN2CCOCC2)cc1.Cc1cc(C)c(C(C)C)cc1-c1n[nH]c(=S)n1-c1ccc(CN2CCOCC2)cc1.O=C(O)C(F)(F)F. The summed E-state index contributed by atoms with van der Waals surface area (Å²) in [6.07, 6.45) is -1.08. The van der Waals surface area contributed by atoms with Gasteiger partial charge < -0.3 is 34.6 Å². The third kappa shape index (κ3) is 21.9. The summed E-state index contributed by atoms with van der Waals surface area (Å²) in [6, 6.07) is 38.1. The van der Waals surface area contributed by atoms with E-state index in [1.54, 1.807) is 24.8 Å². The van der Waals surface area contributed by atoms with E-state index in [0.717, 1.165) is 154 Å². The van der Waals surface area contributed by atoms with E-state index in [9.17, 15) is 23.4 Å². The van der Waals surface area contributed by atoms with Gasteiger partial charge in [-0.2, -0.15) is 18.3 Å². The number of aliphatic carboxylic acids is 1. The van der Waals surface area contributed by atoms with Crippen LogP contribution in [0.1, 0.15) is 129 Å². The smallest absolute Gasteiger partial charge is 0.490 e. The molecule has 26 heteroatoms. The zero-order chi connectivity index (χ0) is 73.9. The standard InChI is InChI=1S/C25H32N4OS.C24H30N4OS.C23H28N4O3S.C2HF3O2.C2H6O.CH4/c1-17(2)22-15-23(19(4)14-18(22)3)24-26-27-25(31-5)29(24)21-8-6-20(7-9-21)16-28-10-12-30-13-11-28;1-16(2)21-14-22(18(4)13-17(21)3)23-25-26-24(30)28(23)20-7-5-19(6-8-20)15-27-9-11-29-12-10-27;1-15(2)18-12-19(21(29)13-20(18)28)22-24-25-23(31-3)27(22)17-6-4-16(5-7-17)14-26-8-10-30-11-9-26;3-2(4,5)1(6)7;1-2-3;/h6-9,14-15,17H,10-13,16H2,1-5H3;5-8,13-14,16H,9-12,15H2,1-4H3,(H,26,30);4-7,12-13,15,28-29H,8-11,14H2,1-3H3;(H,6,7);3H,2H2,1H3;1H4. The Morgan fingerprint density at radius 1 is 0.515 bits per heavy atom. The highest BCUT2D eigenvalue weighted by molar-refractivity contribution is 7.98. The fourth-order valence-electron chi connectivity index (χ4n) is 12.3. The quantitative estimate of drug-likeness (QED) is 0.0421. The monoisotopic (exact) mass is 1470 g/mol. The van der Waals surface area contributed by atoms with Gasteiger partial charge in [0.1, 0.15) is 11.5 Å². The molecule has 3 aliphatic rings. The Morgan fingerprint density at radius 3 is 1.17 bits per heavy atom. The second-order valence-corrected chi connectivity index (χ2v) is 28.0. The number of morpholine rings is 3. The van der Waals surface area contributed by atoms with Crippen molar-refractivity contribution in [1.29, 1.82) is 0 Å². The molecule has 6 aromatic carbocycles. The van der Waals surface area contributed by atoms with E-state index in [2.05, 4.69) is 209 Å². The molecule has 3 fully saturated rings. The average Bonchev–Trinajstić information content (AvgIpc) is 1.69. The zero-order valence-electron chi connectivity index (χ0n) is 60.6. The molecule has 103 heavy (non-hydrogen) atoms. The minimum atomic E-state index is -5.08. The van der Waals surface area contributed by atoms with Gasteiger partial charge in [-0.15, -0.1) is 20.4 Å². The van der Waals surface area contributed by atoms with Crippen LogP contribution in [0.25, 0.3) is 51.2 Å². The number of alkyl halides is 3. The number of benzene rings is 6. The average molecular weight is 1480 g/mol. The Bertz CT molecular complexity index is 4070. The van der Waals surface area contributed by atoms with Gasteiger partial charge in [-0.25, -0.2) is 4.79 Å². The highest BCUT2D eigenvalue weighted by atomic mass is 32.2. The summed E-state index contributed by atoms with van der Waals surface area (Å²) in [4.78, 5) is 16.2. The molecule has 3 saturated heterocycles. The zero-order valence-corrected chi connectivity index (χ0v) is 63.1. The first-order valence-corrected chi connectivity index (χ1v) is 37.2. The number of aliphatic hydroxyl groups is 1. The van der Waals surface area contributed by atoms with Crippen LogP contribution < -0.4 is 0 Å². The van der Waals surface area contributed by atoms with Crippen molar-refractivity contribution in [3.05, 3.63) is 170 Å². The maximum atomic E-state index is 10.6. The molecule has 0 saturated carbocycles. The number of carbonyl (C=O) groups is 1. The van der Waals surface area contributed by atoms with E-state index in [0.29, 0.717) is 28.0 Å². The van der Waals surface area contributed by atoms with Crippen molar-refractivity contribution in [3.8, 4) is 62.7 Å². The second-order valence-electron chi connectivity index (χ2n) is 26.1. The van der Waals surface area contributed by atoms with Crippen molar-refractivity contribution in [2.24, 2.45) is 0 Å². The number of thioether (sulfide) groups is 2. The maximum absolute atomic E-state index is 10.6. The van der Waals surface area contributed by atoms with Crippen LogP contribution in [0.4, 0.5) is 13.2 Å². The Labute approximate surface area is 617 Å². The number of phenolic OH excluding ortho intramolecular Hbond substituents is 2. The molecule has 6 heterocycles. The van der Waals surface area contributed by atoms with Crippen LogP contribution in [0.2, 0.25) is 0 Å². The van der Waals surface area contributed by atoms with Crippen LogP contribution in [0.5, 0.6) is 11.5 Å². The number of aryl methyl sites for hydroxylation is 4. The topological polar surface area (TPSA) is 230 Å². The number of aliphatic hydroxyl groups excluding tert-OH is 1. The molecule has 0 bridgehead atoms. The van der Waals surface area contributed by atoms with E-state index < -0.39 is 12.1 Å². The van der Waals surface area contributed by atoms with Crippen LogP contribution in [0.3, 0.4) is 0 Å². The molecule has 556 valence electrons. The van der Waals surface area contributed by atoms with Gasteiger partial charge in [0.2, 0.25) is 0 Å². The second kappa shape index (κ2) is 38.8. The number of carboxylic acids is 1. The number of aromatic amines is 1. The largest absolute Gasteiger partial charge is 0.508 e. The lowest BCUT2D eigenvalue weighted by Crippen LogP contribution is -2.35. The summed E-state index contributed by atoms with van der Waals surface area (Å²) in [5, 5.41) is 62.5. The first kappa shape index (κ1) is 82.5. The van der Waals surface area contributed by atoms with Crippen LogP contribution in [-0.4, -0.2) is 190 Å². The van der Waals surface area contributed by atoms with E-state index >= 15 is 0 Å². The number of rotatable bonds is 17. The van der Waals surface area contributed by atoms with Gasteiger partial charge in [-0.05, 0) is 187 Å². The first-order chi connectivity index (χ1) is 48.7. The first-order valence-electron chi connectivity index (χ1n) is 34.3. The van der Waals surface area contributed by atoms with Gasteiger partial charge >= 0.3 is 12.1 Å². The number of nitrogens with one attached hydrogen (secondary N) is 1. The summed E-state index contributed by atoms with van der Waals surface area (Å²) >= 11 is 8.71. The fraction of sp³-hybridized carbons (Fsp3) is 0.442. The van der Waals surface area contributed by atoms with Gasteiger partial charge in [0, 0.05) is 99.8 Å². The predicted octanol–water partition coefficient (Wildman–Crippen LogP) is 15.7. The lowest BCUT2D eigenvalue weighted by Gasteiger charge is -2.26. The van der Waals surface area contributed by atoms with Crippen molar-refractivity contribution in [3.63, 3.8) is 0 Å². The molecule has 0 radical (unpaired) electrons. The highest BCUT2D eigenvalue weighted by Gasteiger charge is 2.38. The molecule has 0 atom stereocenters. The Balaban J connectivity index is 0.000000202. The lowest BCUT2D eigenvalue weighted by atomic mass is 9.92. The van der Waals surface area contributed by atoms with Crippen molar-refractivity contribution in [2.75, 3.05) is 98.0 Å². The number of aromatic nitrogens is 9. The molecule has 20 nitrogen and oxygen atoms in total. The summed E-state index contributed by atoms with van der Waals surface area (Å²) in [5.74, 6) is 0.652. The Morgan fingerprint density at radius 2 is 0.835 bits per heavy atom. The number of carboxylic acid groups (broad SMARTS) is 1. The molecule has 3 aromatic heterocycles. The van der Waals surface area contributed by atoms with Crippen LogP contribution in [0, 0.1) is 32.5 Å². The third-order valence-electron chi connectivity index (χ3n) is 17.6. The number of hydrogen-bond acceptors (Lipinski definition) is 18. The van der Waals surface area contributed by atoms with Crippen molar-refractivity contribution in [1.82, 2.24) is 59.0 Å². The van der Waals surface area contributed by atoms with Crippen LogP contribution in [0.15, 0.2) is 120 Å². The molecule has 0 aliphatic carbocycles. The predicted molar refractivity (Wildman–Crippen MR) is 407 cm³/mol. The maximum Gasteiger partial charge on any atom is 0.490 e. The summed E-state index contributed by atoms with van der Waals surface area (Å²) in [5.41, 5.74) is 18.3. The Hall–Kier alpha value is -7.76. The molecule has 3 aliphatic heterocycles. The molecular weight excluding hydrogens is 1370 g/mol. The van der Waals surface area contributed by atoms with Gasteiger partial charge in [-0.1, -0.05) is 121 Å². The van der Waals surface area contributed by atoms with E-state index in [-0.39, 0.29) is 31.5 Å². The normalized spacial score (nSPS) is 14.4. The summed E-state index contributed by atoms with van der Waals surface area (Å²) < 4.78 is 54.9. The summed E-state index contributed by atoms with van der Waals surface area (Å²) in [7, 11) is 0. The molecule has 12 rings (SSSR count). The third-order valence-corrected chi connectivity index (χ3v) is 19.2. The molecule has 9 aromatic rings. The molecule has 0 unspecified atom stereocenters. The van der Waals surface area contributed by atoms with Crippen molar-refractivity contribution < 1.29 is 52.6 Å². The van der Waals surface area contributed by atoms with Gasteiger partial charge in [-0.3, -0.25) is 33.5 Å². The number of phenols is 2. The number of ether oxygens (including phenoxy) is 3. The minimum absolute atomic E-state index is 0. The fourth-order valence-corrected chi connectivity index (χ4v) is 13.6. The van der Waals surface area contributed by atoms with Crippen LogP contribution in [-0.2, 0) is 38.6 Å². The van der Waals surface area contributed by atoms with Crippen molar-refractivity contribution >= 4 is 41.7 Å². The lowest BCUT2D eigenvalue weighted by molar-refractivity contribution is -0.192. The van der Waals surface area contributed by atoms with E-state index in [1.807, 2.05) is 29.2 Å². The molecule has 5 N–H and O–H groups in total. The van der Waals surface area contributed by atoms with E-state index in [1.165, 1.54) is 67.9 Å². The summed E-state index contributed by atoms with van der Waals surface area (Å²) in [6.45, 7) is 37.1. The van der Waals surface area contributed by atoms with Crippen LogP contribution >= 0.6 is 35.7 Å². The number of hydrogen-bond donors (Lipinski definition) is 5. The molecular formula is C77H101F3N12O8S3. The number of H-pyrrole nitrogens is 1. The van der Waals surface area contributed by atoms with E-state index in [4.69, 9.17) is 41.4 Å². The molecule has 0 amide bonds. The van der Waals surface area contributed by atoms with Gasteiger partial charge in [0.05, 0.1) is 45.2 Å². The minimum Gasteiger partial charge on any atom is -0.508 e. The number of halogens is 3. The molecule has 0 spiro atoms.